The Morgan fingerprint density at radius 1 is 1.38 bits per heavy atom. The monoisotopic (exact) mass is 178 g/mol. The molecule has 0 saturated heterocycles. The second kappa shape index (κ2) is 3.88. The van der Waals surface area contributed by atoms with Crippen LogP contribution in [-0.4, -0.2) is 11.5 Å². The number of rotatable bonds is 3. The lowest BCUT2D eigenvalue weighted by molar-refractivity contribution is 0.486. The van der Waals surface area contributed by atoms with E-state index in [1.54, 1.807) is 0 Å². The van der Waals surface area contributed by atoms with Crippen molar-refractivity contribution >= 4 is 0 Å². The molecule has 0 unspecified atom stereocenters. The summed E-state index contributed by atoms with van der Waals surface area (Å²) in [5, 5.41) is 0. The maximum absolute atomic E-state index is 5.56. The molecule has 1 rings (SSSR count). The van der Waals surface area contributed by atoms with Gasteiger partial charge in [0, 0.05) is 11.9 Å². The van der Waals surface area contributed by atoms with E-state index in [0.29, 0.717) is 0 Å². The van der Waals surface area contributed by atoms with E-state index < -0.39 is 0 Å². The zero-order valence-corrected chi connectivity index (χ0v) is 8.67. The number of aromatic nitrogens is 1. The fraction of sp³-hybridized carbons (Fsp3) is 0.545. The van der Waals surface area contributed by atoms with Crippen LogP contribution in [0.3, 0.4) is 0 Å². The van der Waals surface area contributed by atoms with Crippen molar-refractivity contribution < 1.29 is 0 Å². The molecule has 0 aliphatic rings. The molecule has 2 nitrogen and oxygen atoms in total. The van der Waals surface area contributed by atoms with E-state index in [-0.39, 0.29) is 5.41 Å². The Balaban J connectivity index is 2.87. The van der Waals surface area contributed by atoms with Gasteiger partial charge in [0.05, 0.1) is 0 Å². The lowest BCUT2D eigenvalue weighted by Crippen LogP contribution is -2.21. The molecule has 2 N–H and O–H groups in total. The molecule has 1 aromatic rings. The second-order valence-electron chi connectivity index (χ2n) is 4.11. The van der Waals surface area contributed by atoms with Crippen molar-refractivity contribution in [3.63, 3.8) is 0 Å². The lowest BCUT2D eigenvalue weighted by Gasteiger charge is -2.23. The van der Waals surface area contributed by atoms with Crippen LogP contribution in [0, 0.1) is 6.92 Å². The summed E-state index contributed by atoms with van der Waals surface area (Å²) in [6.07, 6.45) is 2.95. The zero-order valence-electron chi connectivity index (χ0n) is 8.67. The molecule has 0 spiro atoms. The minimum atomic E-state index is 0.148. The highest BCUT2D eigenvalue weighted by molar-refractivity contribution is 5.21. The van der Waals surface area contributed by atoms with Gasteiger partial charge in [-0.05, 0) is 36.9 Å². The van der Waals surface area contributed by atoms with E-state index in [0.717, 1.165) is 18.7 Å². The van der Waals surface area contributed by atoms with E-state index in [2.05, 4.69) is 24.9 Å². The Hall–Kier alpha value is -0.890. The summed E-state index contributed by atoms with van der Waals surface area (Å²) in [5.74, 6) is 0. The third-order valence-corrected chi connectivity index (χ3v) is 2.46. The van der Waals surface area contributed by atoms with Gasteiger partial charge in [0.1, 0.15) is 0 Å². The Morgan fingerprint density at radius 3 is 2.54 bits per heavy atom. The molecule has 0 radical (unpaired) electrons. The van der Waals surface area contributed by atoms with Crippen LogP contribution < -0.4 is 5.73 Å². The van der Waals surface area contributed by atoms with Crippen LogP contribution in [0.15, 0.2) is 18.3 Å². The van der Waals surface area contributed by atoms with Gasteiger partial charge < -0.3 is 5.73 Å². The minimum Gasteiger partial charge on any atom is -0.330 e. The van der Waals surface area contributed by atoms with Crippen molar-refractivity contribution in [2.45, 2.75) is 32.6 Å². The number of nitrogens with two attached hydrogens (primary N) is 1. The predicted molar refractivity (Wildman–Crippen MR) is 55.7 cm³/mol. The fourth-order valence-electron chi connectivity index (χ4n) is 1.37. The van der Waals surface area contributed by atoms with Gasteiger partial charge in [-0.25, -0.2) is 0 Å². The molecule has 1 heterocycles. The van der Waals surface area contributed by atoms with Crippen molar-refractivity contribution in [1.82, 2.24) is 4.98 Å². The standard InChI is InChI=1S/C11H18N2/c1-9-4-5-10(8-13-9)11(2,3)6-7-12/h4-5,8H,6-7,12H2,1-3H3. The van der Waals surface area contributed by atoms with Gasteiger partial charge in [-0.2, -0.15) is 0 Å². The smallest absolute Gasteiger partial charge is 0.0372 e. The number of pyridine rings is 1. The number of nitrogens with zero attached hydrogens (tertiary/aromatic N) is 1. The average Bonchev–Trinajstić information content (AvgIpc) is 2.05. The summed E-state index contributed by atoms with van der Waals surface area (Å²) in [6, 6.07) is 4.19. The quantitative estimate of drug-likeness (QED) is 0.769. The molecule has 0 aliphatic carbocycles. The summed E-state index contributed by atoms with van der Waals surface area (Å²) in [7, 11) is 0. The first-order valence-corrected chi connectivity index (χ1v) is 4.69. The largest absolute Gasteiger partial charge is 0.330 e. The Kier molecular flexibility index (Phi) is 3.04. The maximum Gasteiger partial charge on any atom is 0.0372 e. The highest BCUT2D eigenvalue weighted by atomic mass is 14.7. The first-order valence-electron chi connectivity index (χ1n) is 4.69. The molecule has 0 fully saturated rings. The van der Waals surface area contributed by atoms with E-state index >= 15 is 0 Å². The van der Waals surface area contributed by atoms with Gasteiger partial charge in [-0.1, -0.05) is 19.9 Å². The van der Waals surface area contributed by atoms with E-state index in [1.807, 2.05) is 19.2 Å². The Labute approximate surface area is 80.2 Å². The van der Waals surface area contributed by atoms with E-state index in [1.165, 1.54) is 5.56 Å². The number of hydrogen-bond acceptors (Lipinski definition) is 2. The van der Waals surface area contributed by atoms with E-state index in [9.17, 15) is 0 Å². The van der Waals surface area contributed by atoms with Crippen molar-refractivity contribution in [3.05, 3.63) is 29.6 Å². The molecule has 0 amide bonds. The van der Waals surface area contributed by atoms with Crippen molar-refractivity contribution in [1.29, 1.82) is 0 Å². The molecule has 0 atom stereocenters. The van der Waals surface area contributed by atoms with Crippen molar-refractivity contribution in [2.24, 2.45) is 5.73 Å². The SMILES string of the molecule is Cc1ccc(C(C)(C)CCN)cn1. The van der Waals surface area contributed by atoms with E-state index in [4.69, 9.17) is 5.73 Å². The van der Waals surface area contributed by atoms with Crippen LogP contribution in [0.25, 0.3) is 0 Å². The van der Waals surface area contributed by atoms with Crippen LogP contribution in [0.2, 0.25) is 0 Å². The summed E-state index contributed by atoms with van der Waals surface area (Å²) in [4.78, 5) is 4.29. The fourth-order valence-corrected chi connectivity index (χ4v) is 1.37. The number of hydrogen-bond donors (Lipinski definition) is 1. The molecule has 0 aliphatic heterocycles. The Morgan fingerprint density at radius 2 is 2.08 bits per heavy atom. The van der Waals surface area contributed by atoms with Gasteiger partial charge in [-0.3, -0.25) is 4.98 Å². The van der Waals surface area contributed by atoms with Gasteiger partial charge in [0.2, 0.25) is 0 Å². The molecule has 72 valence electrons. The van der Waals surface area contributed by atoms with Crippen LogP contribution in [0.4, 0.5) is 0 Å². The highest BCUT2D eigenvalue weighted by Gasteiger charge is 2.19. The minimum absolute atomic E-state index is 0.148. The van der Waals surface area contributed by atoms with Crippen LogP contribution in [0.1, 0.15) is 31.5 Å². The molecule has 0 saturated carbocycles. The van der Waals surface area contributed by atoms with Gasteiger partial charge in [0.25, 0.3) is 0 Å². The number of aryl methyl sites for hydroxylation is 1. The first kappa shape index (κ1) is 10.2. The summed E-state index contributed by atoms with van der Waals surface area (Å²) in [5.41, 5.74) is 8.04. The normalized spacial score (nSPS) is 11.7. The van der Waals surface area contributed by atoms with Crippen molar-refractivity contribution in [2.75, 3.05) is 6.54 Å². The molecule has 0 aromatic carbocycles. The molecule has 0 bridgehead atoms. The third-order valence-electron chi connectivity index (χ3n) is 2.46. The van der Waals surface area contributed by atoms with Crippen molar-refractivity contribution in [3.8, 4) is 0 Å². The van der Waals surface area contributed by atoms with Crippen LogP contribution >= 0.6 is 0 Å². The summed E-state index contributed by atoms with van der Waals surface area (Å²) in [6.45, 7) is 7.12. The van der Waals surface area contributed by atoms with Gasteiger partial charge in [0.15, 0.2) is 0 Å². The Bertz CT molecular complexity index is 262. The molecular weight excluding hydrogens is 160 g/mol. The first-order chi connectivity index (χ1) is 6.06. The lowest BCUT2D eigenvalue weighted by atomic mass is 9.82. The molecule has 1 aromatic heterocycles. The third kappa shape index (κ3) is 2.52. The zero-order chi connectivity index (χ0) is 9.90. The van der Waals surface area contributed by atoms with Crippen LogP contribution in [0.5, 0.6) is 0 Å². The molecule has 13 heavy (non-hydrogen) atoms. The van der Waals surface area contributed by atoms with Gasteiger partial charge >= 0.3 is 0 Å². The average molecular weight is 178 g/mol. The predicted octanol–water partition coefficient (Wildman–Crippen LogP) is 2.02. The van der Waals surface area contributed by atoms with Crippen LogP contribution in [-0.2, 0) is 5.41 Å². The molecular formula is C11H18N2. The topological polar surface area (TPSA) is 38.9 Å². The summed E-state index contributed by atoms with van der Waals surface area (Å²) >= 11 is 0. The maximum atomic E-state index is 5.56. The molecule has 2 heteroatoms. The second-order valence-corrected chi connectivity index (χ2v) is 4.11. The summed E-state index contributed by atoms with van der Waals surface area (Å²) < 4.78 is 0. The highest BCUT2D eigenvalue weighted by Crippen LogP contribution is 2.25. The van der Waals surface area contributed by atoms with Gasteiger partial charge in [-0.15, -0.1) is 0 Å².